The van der Waals surface area contributed by atoms with E-state index in [0.29, 0.717) is 11.5 Å². The van der Waals surface area contributed by atoms with Crippen molar-refractivity contribution in [2.75, 3.05) is 18.0 Å². The molecule has 2 aliphatic heterocycles. The van der Waals surface area contributed by atoms with E-state index in [4.69, 9.17) is 9.47 Å². The van der Waals surface area contributed by atoms with E-state index in [2.05, 4.69) is 17.0 Å². The quantitative estimate of drug-likeness (QED) is 0.233. The summed E-state index contributed by atoms with van der Waals surface area (Å²) in [6.07, 6.45) is 3.18. The summed E-state index contributed by atoms with van der Waals surface area (Å²) in [5.74, 6) is -2.54. The van der Waals surface area contributed by atoms with Gasteiger partial charge in [-0.25, -0.2) is 9.59 Å². The molecule has 0 aromatic heterocycles. The summed E-state index contributed by atoms with van der Waals surface area (Å²) >= 11 is 0. The van der Waals surface area contributed by atoms with Crippen molar-refractivity contribution in [3.8, 4) is 0 Å². The zero-order valence-corrected chi connectivity index (χ0v) is 17.9. The monoisotopic (exact) mass is 436 g/mol. The Kier molecular flexibility index (Phi) is 5.69. The predicted molar refractivity (Wildman–Crippen MR) is 118 cm³/mol. The van der Waals surface area contributed by atoms with Gasteiger partial charge < -0.3 is 14.4 Å². The van der Waals surface area contributed by atoms with Crippen LogP contribution in [0.1, 0.15) is 43.7 Å². The third kappa shape index (κ3) is 4.49. The van der Waals surface area contributed by atoms with Gasteiger partial charge in [0.1, 0.15) is 5.57 Å². The lowest BCUT2D eigenvalue weighted by molar-refractivity contribution is -0.384. The summed E-state index contributed by atoms with van der Waals surface area (Å²) in [6.45, 7) is 4.43. The van der Waals surface area contributed by atoms with Crippen LogP contribution in [0.2, 0.25) is 0 Å². The first-order chi connectivity index (χ1) is 15.2. The van der Waals surface area contributed by atoms with Gasteiger partial charge in [-0.05, 0) is 36.5 Å². The van der Waals surface area contributed by atoms with Crippen molar-refractivity contribution in [1.29, 1.82) is 0 Å². The number of nitrogens with zero attached hydrogens (tertiary/aromatic N) is 2. The highest BCUT2D eigenvalue weighted by molar-refractivity contribution is 6.19. The number of hydrogen-bond donors (Lipinski definition) is 0. The molecule has 0 spiro atoms. The molecule has 2 aliphatic rings. The van der Waals surface area contributed by atoms with Crippen LogP contribution < -0.4 is 4.90 Å². The fourth-order valence-electron chi connectivity index (χ4n) is 4.17. The van der Waals surface area contributed by atoms with Crippen molar-refractivity contribution >= 4 is 29.4 Å². The van der Waals surface area contributed by atoms with Crippen LogP contribution in [0.5, 0.6) is 0 Å². The maximum atomic E-state index is 12.4. The number of benzene rings is 2. The number of hydrogen-bond acceptors (Lipinski definition) is 7. The third-order valence-corrected chi connectivity index (χ3v) is 5.75. The Balaban J connectivity index is 1.63. The van der Waals surface area contributed by atoms with Gasteiger partial charge >= 0.3 is 11.9 Å². The van der Waals surface area contributed by atoms with Crippen LogP contribution in [-0.2, 0) is 19.1 Å². The number of piperidine rings is 1. The van der Waals surface area contributed by atoms with Crippen molar-refractivity contribution in [2.45, 2.75) is 38.4 Å². The first-order valence-corrected chi connectivity index (χ1v) is 10.5. The highest BCUT2D eigenvalue weighted by atomic mass is 16.7. The van der Waals surface area contributed by atoms with Gasteiger partial charge in [-0.2, -0.15) is 0 Å². The standard InChI is InChI=1S/C24H24N2O6/c1-24(2)31-22(27)20(23(28)32-24)15-18-14-19(26(29)30)8-9-21(18)25-12-10-17(11-13-25)16-6-4-3-5-7-16/h3-9,14-15,17H,10-13H2,1-2H3. The Labute approximate surface area is 185 Å². The summed E-state index contributed by atoms with van der Waals surface area (Å²) in [4.78, 5) is 37.7. The van der Waals surface area contributed by atoms with E-state index in [-0.39, 0.29) is 11.3 Å². The van der Waals surface area contributed by atoms with Crippen LogP contribution >= 0.6 is 0 Å². The lowest BCUT2D eigenvalue weighted by Crippen LogP contribution is -2.41. The van der Waals surface area contributed by atoms with E-state index in [1.807, 2.05) is 18.2 Å². The van der Waals surface area contributed by atoms with Crippen LogP contribution in [0.3, 0.4) is 0 Å². The number of nitro groups is 1. The van der Waals surface area contributed by atoms with E-state index in [1.54, 1.807) is 6.07 Å². The minimum absolute atomic E-state index is 0.127. The summed E-state index contributed by atoms with van der Waals surface area (Å²) in [5.41, 5.74) is 2.01. The van der Waals surface area contributed by atoms with E-state index in [9.17, 15) is 19.7 Å². The highest BCUT2D eigenvalue weighted by Crippen LogP contribution is 2.35. The van der Waals surface area contributed by atoms with Gasteiger partial charge in [0.2, 0.25) is 0 Å². The molecular weight excluding hydrogens is 412 g/mol. The van der Waals surface area contributed by atoms with Crippen LogP contribution in [0.15, 0.2) is 54.1 Å². The Morgan fingerprint density at radius 1 is 1.03 bits per heavy atom. The molecule has 0 radical (unpaired) electrons. The number of cyclic esters (lactones) is 2. The smallest absolute Gasteiger partial charge is 0.348 e. The van der Waals surface area contributed by atoms with Gasteiger partial charge in [0.15, 0.2) is 0 Å². The van der Waals surface area contributed by atoms with E-state index < -0.39 is 22.6 Å². The molecule has 0 atom stereocenters. The molecule has 8 heteroatoms. The Morgan fingerprint density at radius 2 is 1.66 bits per heavy atom. The highest BCUT2D eigenvalue weighted by Gasteiger charge is 2.39. The second-order valence-corrected chi connectivity index (χ2v) is 8.41. The number of esters is 2. The van der Waals surface area contributed by atoms with Crippen LogP contribution in [0.4, 0.5) is 11.4 Å². The van der Waals surface area contributed by atoms with Gasteiger partial charge in [0.05, 0.1) is 4.92 Å². The van der Waals surface area contributed by atoms with Gasteiger partial charge in [-0.1, -0.05) is 30.3 Å². The molecule has 2 fully saturated rings. The molecule has 8 nitrogen and oxygen atoms in total. The number of carbonyl (C=O) groups is 2. The number of rotatable bonds is 4. The number of anilines is 1. The maximum Gasteiger partial charge on any atom is 0.348 e. The van der Waals surface area contributed by atoms with E-state index in [1.165, 1.54) is 37.6 Å². The molecule has 2 saturated heterocycles. The topological polar surface area (TPSA) is 99.0 Å². The molecule has 166 valence electrons. The molecule has 0 saturated carbocycles. The fourth-order valence-corrected chi connectivity index (χ4v) is 4.17. The molecule has 0 amide bonds. The number of carbonyl (C=O) groups excluding carboxylic acids is 2. The molecule has 0 unspecified atom stereocenters. The lowest BCUT2D eigenvalue weighted by Gasteiger charge is -2.35. The largest absolute Gasteiger partial charge is 0.419 e. The van der Waals surface area contributed by atoms with Gasteiger partial charge in [0, 0.05) is 50.3 Å². The van der Waals surface area contributed by atoms with Crippen LogP contribution in [0, 0.1) is 10.1 Å². The molecule has 0 aliphatic carbocycles. The second-order valence-electron chi connectivity index (χ2n) is 8.41. The van der Waals surface area contributed by atoms with Crippen molar-refractivity contribution in [1.82, 2.24) is 0 Å². The van der Waals surface area contributed by atoms with Gasteiger partial charge in [-0.15, -0.1) is 0 Å². The summed E-state index contributed by atoms with van der Waals surface area (Å²) in [5, 5.41) is 11.3. The molecule has 2 aromatic carbocycles. The SMILES string of the molecule is CC1(C)OC(=O)C(=Cc2cc([N+](=O)[O-])ccc2N2CCC(c3ccccc3)CC2)C(=O)O1. The van der Waals surface area contributed by atoms with Crippen molar-refractivity contribution in [3.05, 3.63) is 75.3 Å². The molecule has 0 bridgehead atoms. The summed E-state index contributed by atoms with van der Waals surface area (Å²) in [7, 11) is 0. The zero-order valence-electron chi connectivity index (χ0n) is 17.9. The minimum Gasteiger partial charge on any atom is -0.419 e. The average Bonchev–Trinajstić information content (AvgIpc) is 2.76. The molecule has 4 rings (SSSR count). The van der Waals surface area contributed by atoms with Gasteiger partial charge in [0.25, 0.3) is 11.5 Å². The Morgan fingerprint density at radius 3 is 2.25 bits per heavy atom. The van der Waals surface area contributed by atoms with Crippen LogP contribution in [-0.4, -0.2) is 35.7 Å². The molecule has 0 N–H and O–H groups in total. The first kappa shape index (κ1) is 21.5. The predicted octanol–water partition coefficient (Wildman–Crippen LogP) is 4.20. The first-order valence-electron chi connectivity index (χ1n) is 10.5. The second kappa shape index (κ2) is 8.45. The van der Waals surface area contributed by atoms with E-state index >= 15 is 0 Å². The van der Waals surface area contributed by atoms with Crippen LogP contribution in [0.25, 0.3) is 6.08 Å². The minimum atomic E-state index is -1.35. The number of ether oxygens (including phenoxy) is 2. The maximum absolute atomic E-state index is 12.4. The normalized spacial score (nSPS) is 18.7. The number of nitro benzene ring substituents is 1. The van der Waals surface area contributed by atoms with Crippen molar-refractivity contribution in [3.63, 3.8) is 0 Å². The Hall–Kier alpha value is -3.68. The summed E-state index contributed by atoms with van der Waals surface area (Å²) in [6, 6.07) is 14.8. The number of non-ortho nitro benzene ring substituents is 1. The van der Waals surface area contributed by atoms with Gasteiger partial charge in [-0.3, -0.25) is 10.1 Å². The van der Waals surface area contributed by atoms with E-state index in [0.717, 1.165) is 31.6 Å². The lowest BCUT2D eigenvalue weighted by atomic mass is 9.89. The zero-order chi connectivity index (χ0) is 22.9. The Bertz CT molecular complexity index is 1060. The third-order valence-electron chi connectivity index (χ3n) is 5.75. The van der Waals surface area contributed by atoms with Crippen molar-refractivity contribution in [2.24, 2.45) is 0 Å². The molecular formula is C24H24N2O6. The molecule has 32 heavy (non-hydrogen) atoms. The fraction of sp³-hybridized carbons (Fsp3) is 0.333. The average molecular weight is 436 g/mol. The molecule has 2 heterocycles. The summed E-state index contributed by atoms with van der Waals surface area (Å²) < 4.78 is 10.3. The van der Waals surface area contributed by atoms with Crippen molar-refractivity contribution < 1.29 is 24.0 Å². The molecule has 2 aromatic rings.